The Balaban J connectivity index is 0.000000281. The monoisotopic (exact) mass is 524 g/mol. The van der Waals surface area contributed by atoms with Gasteiger partial charge in [0.1, 0.15) is 18.1 Å². The van der Waals surface area contributed by atoms with Crippen LogP contribution in [0.3, 0.4) is 0 Å². The van der Waals surface area contributed by atoms with Crippen LogP contribution in [0.5, 0.6) is 0 Å². The van der Waals surface area contributed by atoms with Crippen LogP contribution in [-0.4, -0.2) is 34.9 Å². The van der Waals surface area contributed by atoms with Gasteiger partial charge in [-0.2, -0.15) is 15.5 Å². The summed E-state index contributed by atoms with van der Waals surface area (Å²) in [5.41, 5.74) is 9.17. The standard InChI is InChI=1S/C14H11Cl2N5O.C10H11N3O/c1-8-3-2-4-9(13(22)18-6-5-17)11(8)20-12-10(15)7-19-14(16)21-12;1-7-3-2-4-8(9(7)12)10(14)13-6-5-11/h2-4,7H,6H2,1H3,(H,18,22)(H,19,20,21);2-4H,6,12H2,1H3,(H,13,14). The minimum absolute atomic E-state index is 0.00772. The minimum atomic E-state index is -0.371. The van der Waals surface area contributed by atoms with Gasteiger partial charge in [0, 0.05) is 5.69 Å². The maximum absolute atomic E-state index is 12.1. The highest BCUT2D eigenvalue weighted by Gasteiger charge is 2.15. The molecule has 0 aliphatic rings. The highest BCUT2D eigenvalue weighted by molar-refractivity contribution is 6.33. The van der Waals surface area contributed by atoms with Gasteiger partial charge in [-0.15, -0.1) is 0 Å². The molecule has 5 N–H and O–H groups in total. The highest BCUT2D eigenvalue weighted by atomic mass is 35.5. The van der Waals surface area contributed by atoms with Gasteiger partial charge >= 0.3 is 0 Å². The number of nitriles is 2. The van der Waals surface area contributed by atoms with Crippen LogP contribution < -0.4 is 21.7 Å². The average Bonchev–Trinajstić information content (AvgIpc) is 2.86. The van der Waals surface area contributed by atoms with Crippen molar-refractivity contribution in [3.63, 3.8) is 0 Å². The Morgan fingerprint density at radius 3 is 2.11 bits per heavy atom. The summed E-state index contributed by atoms with van der Waals surface area (Å²) in [6.07, 6.45) is 1.37. The van der Waals surface area contributed by atoms with Crippen molar-refractivity contribution in [3.05, 3.63) is 75.2 Å². The van der Waals surface area contributed by atoms with Crippen molar-refractivity contribution in [1.29, 1.82) is 10.5 Å². The summed E-state index contributed by atoms with van der Waals surface area (Å²) in [4.78, 5) is 31.3. The fourth-order valence-electron chi connectivity index (χ4n) is 2.88. The van der Waals surface area contributed by atoms with Crippen LogP contribution in [0.15, 0.2) is 42.6 Å². The molecule has 0 aliphatic heterocycles. The van der Waals surface area contributed by atoms with E-state index >= 15 is 0 Å². The first-order chi connectivity index (χ1) is 17.2. The zero-order valence-corrected chi connectivity index (χ0v) is 20.9. The van der Waals surface area contributed by atoms with Crippen LogP contribution in [0.4, 0.5) is 17.2 Å². The Bertz CT molecular complexity index is 1350. The molecule has 0 fully saturated rings. The van der Waals surface area contributed by atoms with Crippen LogP contribution in [0, 0.1) is 36.5 Å². The van der Waals surface area contributed by atoms with Gasteiger partial charge in [0.15, 0.2) is 5.82 Å². The van der Waals surface area contributed by atoms with Crippen LogP contribution in [0.1, 0.15) is 31.8 Å². The van der Waals surface area contributed by atoms with Crippen LogP contribution in [-0.2, 0) is 0 Å². The smallest absolute Gasteiger partial charge is 0.254 e. The maximum Gasteiger partial charge on any atom is 0.254 e. The van der Waals surface area contributed by atoms with Crippen molar-refractivity contribution in [3.8, 4) is 12.1 Å². The van der Waals surface area contributed by atoms with Crippen molar-refractivity contribution in [1.82, 2.24) is 20.6 Å². The molecule has 36 heavy (non-hydrogen) atoms. The molecule has 0 radical (unpaired) electrons. The quantitative estimate of drug-likeness (QED) is 0.213. The Kier molecular flexibility index (Phi) is 10.4. The van der Waals surface area contributed by atoms with E-state index in [0.717, 1.165) is 11.1 Å². The second kappa shape index (κ2) is 13.5. The van der Waals surface area contributed by atoms with Gasteiger partial charge in [-0.3, -0.25) is 9.59 Å². The predicted molar refractivity (Wildman–Crippen MR) is 138 cm³/mol. The molecule has 2 aromatic carbocycles. The van der Waals surface area contributed by atoms with E-state index in [2.05, 4.69) is 25.9 Å². The van der Waals surface area contributed by atoms with Crippen LogP contribution >= 0.6 is 23.2 Å². The van der Waals surface area contributed by atoms with E-state index in [1.165, 1.54) is 6.20 Å². The number of carbonyl (C=O) groups is 2. The first-order valence-electron chi connectivity index (χ1n) is 10.4. The van der Waals surface area contributed by atoms with Crippen molar-refractivity contribution in [2.45, 2.75) is 13.8 Å². The van der Waals surface area contributed by atoms with Gasteiger partial charge in [-0.1, -0.05) is 35.9 Å². The van der Waals surface area contributed by atoms with Crippen molar-refractivity contribution >= 4 is 52.2 Å². The second-order valence-corrected chi connectivity index (χ2v) is 7.92. The molecule has 0 bridgehead atoms. The number of nitrogens with zero attached hydrogens (tertiary/aromatic N) is 4. The fraction of sp³-hybridized carbons (Fsp3) is 0.167. The topological polar surface area (TPSA) is 170 Å². The number of carbonyl (C=O) groups excluding carboxylic acids is 2. The molecule has 0 atom stereocenters. The number of para-hydroxylation sites is 2. The van der Waals surface area contributed by atoms with Crippen molar-refractivity contribution in [2.24, 2.45) is 0 Å². The lowest BCUT2D eigenvalue weighted by atomic mass is 10.1. The van der Waals surface area contributed by atoms with E-state index in [1.54, 1.807) is 24.3 Å². The fourth-order valence-corrected chi connectivity index (χ4v) is 3.15. The number of aromatic nitrogens is 2. The molecule has 184 valence electrons. The molecule has 0 saturated carbocycles. The van der Waals surface area contributed by atoms with Gasteiger partial charge in [-0.05, 0) is 48.7 Å². The van der Waals surface area contributed by atoms with Gasteiger partial charge < -0.3 is 21.7 Å². The van der Waals surface area contributed by atoms with Crippen LogP contribution in [0.25, 0.3) is 0 Å². The molecule has 1 heterocycles. The number of halogens is 2. The molecular formula is C24H22Cl2N8O2. The SMILES string of the molecule is Cc1cccc(C(=O)NCC#N)c1N.Cc1cccc(C(=O)NCC#N)c1Nc1nc(Cl)ncc1Cl. The second-order valence-electron chi connectivity index (χ2n) is 7.18. The Hall–Kier alpha value is -4.38. The van der Waals surface area contributed by atoms with E-state index < -0.39 is 0 Å². The first-order valence-corrected chi connectivity index (χ1v) is 11.1. The van der Waals surface area contributed by atoms with E-state index in [1.807, 2.05) is 38.1 Å². The summed E-state index contributed by atoms with van der Waals surface area (Å²) in [6.45, 7) is 3.58. The third-order valence-corrected chi connectivity index (χ3v) is 5.16. The summed E-state index contributed by atoms with van der Waals surface area (Å²) in [5.74, 6) is -0.387. The lowest BCUT2D eigenvalue weighted by Crippen LogP contribution is -2.24. The number of nitrogens with one attached hydrogen (secondary N) is 3. The number of hydrogen-bond acceptors (Lipinski definition) is 8. The lowest BCUT2D eigenvalue weighted by molar-refractivity contribution is 0.0951. The molecule has 0 spiro atoms. The first kappa shape index (κ1) is 27.9. The molecular weight excluding hydrogens is 503 g/mol. The maximum atomic E-state index is 12.1. The zero-order chi connectivity index (χ0) is 26.7. The van der Waals surface area contributed by atoms with Gasteiger partial charge in [-0.25, -0.2) is 4.98 Å². The van der Waals surface area contributed by atoms with Gasteiger partial charge in [0.05, 0.1) is 35.1 Å². The molecule has 0 aliphatic carbocycles. The Morgan fingerprint density at radius 2 is 1.50 bits per heavy atom. The molecule has 3 aromatic rings. The molecule has 3 rings (SSSR count). The van der Waals surface area contributed by atoms with Crippen molar-refractivity contribution < 1.29 is 9.59 Å². The van der Waals surface area contributed by atoms with E-state index in [4.69, 9.17) is 39.5 Å². The number of nitrogen functional groups attached to an aromatic ring is 1. The Labute approximate surface area is 218 Å². The third-order valence-electron chi connectivity index (χ3n) is 4.70. The summed E-state index contributed by atoms with van der Waals surface area (Å²) < 4.78 is 0. The highest BCUT2D eigenvalue weighted by Crippen LogP contribution is 2.28. The Morgan fingerprint density at radius 1 is 0.944 bits per heavy atom. The molecule has 10 nitrogen and oxygen atoms in total. The zero-order valence-electron chi connectivity index (χ0n) is 19.4. The molecule has 2 amide bonds. The van der Waals surface area contributed by atoms with E-state index in [9.17, 15) is 9.59 Å². The van der Waals surface area contributed by atoms with Gasteiger partial charge in [0.25, 0.3) is 11.8 Å². The van der Waals surface area contributed by atoms with Gasteiger partial charge in [0.2, 0.25) is 5.28 Å². The summed E-state index contributed by atoms with van der Waals surface area (Å²) in [5, 5.41) is 25.1. The normalized spacial score (nSPS) is 9.61. The molecule has 12 heteroatoms. The number of amides is 2. The summed E-state index contributed by atoms with van der Waals surface area (Å²) in [6, 6.07) is 14.1. The number of benzene rings is 2. The summed E-state index contributed by atoms with van der Waals surface area (Å²) >= 11 is 11.8. The number of aryl methyl sites for hydroxylation is 2. The number of nitrogens with two attached hydrogens (primary N) is 1. The predicted octanol–water partition coefficient (Wildman–Crippen LogP) is 3.92. The van der Waals surface area contributed by atoms with Crippen LogP contribution in [0.2, 0.25) is 10.3 Å². The molecule has 0 unspecified atom stereocenters. The average molecular weight is 525 g/mol. The van der Waals surface area contributed by atoms with Crippen molar-refractivity contribution in [2.75, 3.05) is 24.1 Å². The largest absolute Gasteiger partial charge is 0.398 e. The minimum Gasteiger partial charge on any atom is -0.398 e. The third kappa shape index (κ3) is 7.57. The number of hydrogen-bond donors (Lipinski definition) is 4. The lowest BCUT2D eigenvalue weighted by Gasteiger charge is -2.14. The summed E-state index contributed by atoms with van der Waals surface area (Å²) in [7, 11) is 0. The number of rotatable bonds is 6. The number of anilines is 3. The van der Waals surface area contributed by atoms with E-state index in [0.29, 0.717) is 28.3 Å². The molecule has 1 aromatic heterocycles. The molecule has 0 saturated heterocycles. The van der Waals surface area contributed by atoms with E-state index in [-0.39, 0.29) is 35.2 Å².